The molecule has 1 fully saturated rings. The summed E-state index contributed by atoms with van der Waals surface area (Å²) in [6.45, 7) is 6.07. The summed E-state index contributed by atoms with van der Waals surface area (Å²) in [7, 11) is 1.37. The fourth-order valence-corrected chi connectivity index (χ4v) is 2.93. The SMILES string of the molecule is COC(=O)C1CCC(=O)N1C(C)c1cccc(C)c1C. The minimum absolute atomic E-state index is 0.0220. The van der Waals surface area contributed by atoms with Crippen molar-refractivity contribution in [3.8, 4) is 0 Å². The molecule has 0 bridgehead atoms. The van der Waals surface area contributed by atoms with Crippen molar-refractivity contribution < 1.29 is 14.3 Å². The highest BCUT2D eigenvalue weighted by Crippen LogP contribution is 2.32. The molecule has 20 heavy (non-hydrogen) atoms. The highest BCUT2D eigenvalue weighted by Gasteiger charge is 2.40. The Morgan fingerprint density at radius 1 is 1.40 bits per heavy atom. The van der Waals surface area contributed by atoms with Gasteiger partial charge in [0.05, 0.1) is 13.2 Å². The maximum absolute atomic E-state index is 12.1. The average molecular weight is 275 g/mol. The maximum Gasteiger partial charge on any atom is 0.328 e. The van der Waals surface area contributed by atoms with E-state index in [4.69, 9.17) is 4.74 Å². The predicted molar refractivity (Wildman–Crippen MR) is 76.2 cm³/mol. The van der Waals surface area contributed by atoms with Gasteiger partial charge in [-0.15, -0.1) is 0 Å². The molecule has 1 saturated heterocycles. The first-order valence-electron chi connectivity index (χ1n) is 6.92. The number of carbonyl (C=O) groups is 2. The van der Waals surface area contributed by atoms with Gasteiger partial charge < -0.3 is 9.64 Å². The predicted octanol–water partition coefficient (Wildman–Crippen LogP) is 2.53. The van der Waals surface area contributed by atoms with E-state index in [0.717, 1.165) is 5.56 Å². The number of rotatable bonds is 3. The molecule has 2 rings (SSSR count). The largest absolute Gasteiger partial charge is 0.467 e. The molecule has 108 valence electrons. The third-order valence-corrected chi connectivity index (χ3v) is 4.24. The van der Waals surface area contributed by atoms with Crippen LogP contribution in [0.4, 0.5) is 0 Å². The quantitative estimate of drug-likeness (QED) is 0.796. The molecule has 2 unspecified atom stereocenters. The molecule has 0 saturated carbocycles. The Kier molecular flexibility index (Phi) is 4.12. The number of nitrogens with zero attached hydrogens (tertiary/aromatic N) is 1. The first kappa shape index (κ1) is 14.6. The number of aryl methyl sites for hydroxylation is 1. The lowest BCUT2D eigenvalue weighted by Gasteiger charge is -2.31. The van der Waals surface area contributed by atoms with E-state index in [2.05, 4.69) is 19.9 Å². The Bertz CT molecular complexity index is 539. The van der Waals surface area contributed by atoms with Gasteiger partial charge in [-0.1, -0.05) is 18.2 Å². The van der Waals surface area contributed by atoms with Crippen LogP contribution in [-0.2, 0) is 14.3 Å². The van der Waals surface area contributed by atoms with Gasteiger partial charge in [-0.25, -0.2) is 4.79 Å². The van der Waals surface area contributed by atoms with Gasteiger partial charge in [0.1, 0.15) is 6.04 Å². The molecule has 1 aromatic carbocycles. The Balaban J connectivity index is 2.35. The van der Waals surface area contributed by atoms with E-state index < -0.39 is 6.04 Å². The topological polar surface area (TPSA) is 46.6 Å². The van der Waals surface area contributed by atoms with Crippen molar-refractivity contribution in [1.29, 1.82) is 0 Å². The number of amides is 1. The van der Waals surface area contributed by atoms with Crippen LogP contribution in [0.25, 0.3) is 0 Å². The zero-order valence-electron chi connectivity index (χ0n) is 12.5. The standard InChI is InChI=1S/C16H21NO3/c1-10-6-5-7-13(11(10)2)12(3)17-14(16(19)20-4)8-9-15(17)18/h5-7,12,14H,8-9H2,1-4H3. The van der Waals surface area contributed by atoms with Gasteiger partial charge in [-0.3, -0.25) is 4.79 Å². The van der Waals surface area contributed by atoms with E-state index in [9.17, 15) is 9.59 Å². The lowest BCUT2D eigenvalue weighted by molar-refractivity contribution is -0.150. The fourth-order valence-electron chi connectivity index (χ4n) is 2.93. The molecule has 0 radical (unpaired) electrons. The monoisotopic (exact) mass is 275 g/mol. The molecule has 0 spiro atoms. The second kappa shape index (κ2) is 5.65. The zero-order valence-corrected chi connectivity index (χ0v) is 12.5. The molecule has 4 nitrogen and oxygen atoms in total. The second-order valence-corrected chi connectivity index (χ2v) is 5.34. The van der Waals surface area contributed by atoms with Gasteiger partial charge in [-0.05, 0) is 43.9 Å². The summed E-state index contributed by atoms with van der Waals surface area (Å²) >= 11 is 0. The molecular weight excluding hydrogens is 254 g/mol. The summed E-state index contributed by atoms with van der Waals surface area (Å²) in [6.07, 6.45) is 0.954. The van der Waals surface area contributed by atoms with Gasteiger partial charge in [0.2, 0.25) is 5.91 Å². The van der Waals surface area contributed by atoms with Crippen LogP contribution >= 0.6 is 0 Å². The van der Waals surface area contributed by atoms with Crippen molar-refractivity contribution in [3.63, 3.8) is 0 Å². The molecule has 0 aliphatic carbocycles. The average Bonchev–Trinajstić information content (AvgIpc) is 2.82. The molecule has 1 aliphatic heterocycles. The number of hydrogen-bond donors (Lipinski definition) is 0. The van der Waals surface area contributed by atoms with Crippen molar-refractivity contribution in [3.05, 3.63) is 34.9 Å². The van der Waals surface area contributed by atoms with Crippen LogP contribution in [0.2, 0.25) is 0 Å². The second-order valence-electron chi connectivity index (χ2n) is 5.34. The minimum Gasteiger partial charge on any atom is -0.467 e. The normalized spacial score (nSPS) is 20.1. The molecule has 1 aromatic rings. The van der Waals surface area contributed by atoms with E-state index in [-0.39, 0.29) is 17.9 Å². The highest BCUT2D eigenvalue weighted by molar-refractivity contribution is 5.88. The smallest absolute Gasteiger partial charge is 0.328 e. The van der Waals surface area contributed by atoms with Crippen LogP contribution in [0.15, 0.2) is 18.2 Å². The molecule has 1 heterocycles. The van der Waals surface area contributed by atoms with Crippen molar-refractivity contribution in [2.24, 2.45) is 0 Å². The van der Waals surface area contributed by atoms with Gasteiger partial charge in [-0.2, -0.15) is 0 Å². The molecule has 0 N–H and O–H groups in total. The lowest BCUT2D eigenvalue weighted by atomic mass is 9.97. The van der Waals surface area contributed by atoms with Crippen LogP contribution in [0, 0.1) is 13.8 Å². The van der Waals surface area contributed by atoms with Gasteiger partial charge in [0.25, 0.3) is 0 Å². The highest BCUT2D eigenvalue weighted by atomic mass is 16.5. The molecule has 2 atom stereocenters. The summed E-state index contributed by atoms with van der Waals surface area (Å²) in [6, 6.07) is 5.49. The summed E-state index contributed by atoms with van der Waals surface area (Å²) in [5, 5.41) is 0. The summed E-state index contributed by atoms with van der Waals surface area (Å²) in [4.78, 5) is 25.7. The first-order chi connectivity index (χ1) is 9.47. The number of hydrogen-bond acceptors (Lipinski definition) is 3. The number of benzene rings is 1. The summed E-state index contributed by atoms with van der Waals surface area (Å²) < 4.78 is 4.82. The van der Waals surface area contributed by atoms with Gasteiger partial charge in [0, 0.05) is 6.42 Å². The number of methoxy groups -OCH3 is 1. The fraction of sp³-hybridized carbons (Fsp3) is 0.500. The molecule has 1 aliphatic rings. The third-order valence-electron chi connectivity index (χ3n) is 4.24. The Morgan fingerprint density at radius 2 is 2.10 bits per heavy atom. The van der Waals surface area contributed by atoms with E-state index in [1.165, 1.54) is 18.2 Å². The van der Waals surface area contributed by atoms with E-state index in [1.807, 2.05) is 19.1 Å². The number of ether oxygens (including phenoxy) is 1. The molecule has 0 aromatic heterocycles. The zero-order chi connectivity index (χ0) is 14.9. The van der Waals surface area contributed by atoms with Crippen molar-refractivity contribution >= 4 is 11.9 Å². The molecule has 1 amide bonds. The Labute approximate surface area is 119 Å². The van der Waals surface area contributed by atoms with Crippen LogP contribution in [0.3, 0.4) is 0 Å². The van der Waals surface area contributed by atoms with Crippen LogP contribution in [-0.4, -0.2) is 29.9 Å². The Morgan fingerprint density at radius 3 is 2.75 bits per heavy atom. The van der Waals surface area contributed by atoms with Crippen LogP contribution < -0.4 is 0 Å². The molecular formula is C16H21NO3. The van der Waals surface area contributed by atoms with Gasteiger partial charge >= 0.3 is 5.97 Å². The lowest BCUT2D eigenvalue weighted by Crippen LogP contribution is -2.41. The molecule has 4 heteroatoms. The maximum atomic E-state index is 12.1. The minimum atomic E-state index is -0.456. The number of carbonyl (C=O) groups excluding carboxylic acids is 2. The van der Waals surface area contributed by atoms with E-state index in [1.54, 1.807) is 4.90 Å². The van der Waals surface area contributed by atoms with Crippen LogP contribution in [0.5, 0.6) is 0 Å². The summed E-state index contributed by atoms with van der Waals surface area (Å²) in [5.41, 5.74) is 3.45. The van der Waals surface area contributed by atoms with Crippen molar-refractivity contribution in [2.45, 2.75) is 45.7 Å². The van der Waals surface area contributed by atoms with Crippen molar-refractivity contribution in [1.82, 2.24) is 4.90 Å². The van der Waals surface area contributed by atoms with E-state index >= 15 is 0 Å². The number of likely N-dealkylation sites (tertiary alicyclic amines) is 1. The Hall–Kier alpha value is -1.84. The van der Waals surface area contributed by atoms with Crippen molar-refractivity contribution in [2.75, 3.05) is 7.11 Å². The van der Waals surface area contributed by atoms with Gasteiger partial charge in [0.15, 0.2) is 0 Å². The van der Waals surface area contributed by atoms with E-state index in [0.29, 0.717) is 12.8 Å². The third kappa shape index (κ3) is 2.42. The first-order valence-corrected chi connectivity index (χ1v) is 6.92. The number of esters is 1. The summed E-state index contributed by atoms with van der Waals surface area (Å²) in [5.74, 6) is -0.304. The van der Waals surface area contributed by atoms with Crippen LogP contribution in [0.1, 0.15) is 42.5 Å².